The number of halogens is 1. The van der Waals surface area contributed by atoms with Crippen molar-refractivity contribution in [1.82, 2.24) is 5.32 Å². The molecule has 0 spiro atoms. The van der Waals surface area contributed by atoms with E-state index < -0.39 is 0 Å². The second-order valence-electron chi connectivity index (χ2n) is 7.18. The average Bonchev–Trinajstić information content (AvgIpc) is 2.68. The first-order valence-electron chi connectivity index (χ1n) is 9.49. The largest absolute Gasteiger partial charge is 0.495 e. The summed E-state index contributed by atoms with van der Waals surface area (Å²) in [7, 11) is 1.68. The maximum absolute atomic E-state index is 13.4. The van der Waals surface area contributed by atoms with Crippen molar-refractivity contribution >= 4 is 11.6 Å². The predicted octanol–water partition coefficient (Wildman–Crippen LogP) is 4.11. The number of nitrogens with zero attached hydrogens (tertiary/aromatic N) is 1. The Labute approximate surface area is 160 Å². The summed E-state index contributed by atoms with van der Waals surface area (Å²) in [6.45, 7) is 3.67. The molecule has 1 N–H and O–H groups in total. The van der Waals surface area contributed by atoms with Gasteiger partial charge in [0.1, 0.15) is 11.6 Å². The average molecular weight is 370 g/mol. The molecule has 0 aromatic heterocycles. The molecule has 3 rings (SSSR count). The summed E-state index contributed by atoms with van der Waals surface area (Å²) < 4.78 is 18.9. The minimum atomic E-state index is -0.264. The molecule has 4 nitrogen and oxygen atoms in total. The molecular weight excluding hydrogens is 343 g/mol. The Bertz CT molecular complexity index is 780. The highest BCUT2D eigenvalue weighted by Crippen LogP contribution is 2.30. The zero-order valence-electron chi connectivity index (χ0n) is 16.0. The van der Waals surface area contributed by atoms with Gasteiger partial charge in [-0.05, 0) is 48.6 Å². The Morgan fingerprint density at radius 3 is 2.89 bits per heavy atom. The van der Waals surface area contributed by atoms with Crippen LogP contribution in [0.1, 0.15) is 37.7 Å². The van der Waals surface area contributed by atoms with Crippen molar-refractivity contribution in [3.05, 3.63) is 59.9 Å². The number of hydrogen-bond acceptors (Lipinski definition) is 3. The number of piperidine rings is 1. The van der Waals surface area contributed by atoms with Gasteiger partial charge in [-0.2, -0.15) is 0 Å². The highest BCUT2D eigenvalue weighted by molar-refractivity contribution is 5.77. The lowest BCUT2D eigenvalue weighted by molar-refractivity contribution is -0.122. The number of carbonyl (C=O) groups excluding carboxylic acids is 1. The van der Waals surface area contributed by atoms with Crippen LogP contribution in [0.25, 0.3) is 0 Å². The highest BCUT2D eigenvalue weighted by atomic mass is 19.1. The van der Waals surface area contributed by atoms with Crippen LogP contribution in [0, 0.1) is 5.82 Å². The smallest absolute Gasteiger partial charge is 0.220 e. The van der Waals surface area contributed by atoms with Crippen LogP contribution in [0.5, 0.6) is 5.75 Å². The van der Waals surface area contributed by atoms with Crippen LogP contribution >= 0.6 is 0 Å². The van der Waals surface area contributed by atoms with Crippen LogP contribution in [0.15, 0.2) is 48.5 Å². The lowest BCUT2D eigenvalue weighted by Crippen LogP contribution is -2.48. The molecule has 1 aliphatic rings. The lowest BCUT2D eigenvalue weighted by Gasteiger charge is -2.35. The van der Waals surface area contributed by atoms with E-state index in [1.807, 2.05) is 31.2 Å². The van der Waals surface area contributed by atoms with E-state index in [1.165, 1.54) is 12.1 Å². The minimum Gasteiger partial charge on any atom is -0.495 e. The standard InChI is InChI=1S/C22H27FN2O2/c1-16(17-7-5-8-18(23)14-17)13-22(26)24-19-9-6-12-25(15-19)20-10-3-4-11-21(20)27-2/h3-5,7-8,10-11,14,16,19H,6,9,12-13,15H2,1-2H3,(H,24,26). The molecule has 1 heterocycles. The van der Waals surface area contributed by atoms with E-state index in [9.17, 15) is 9.18 Å². The summed E-state index contributed by atoms with van der Waals surface area (Å²) in [5.41, 5.74) is 1.91. The van der Waals surface area contributed by atoms with Gasteiger partial charge >= 0.3 is 0 Å². The van der Waals surface area contributed by atoms with Crippen LogP contribution < -0.4 is 15.0 Å². The van der Waals surface area contributed by atoms with Crippen molar-refractivity contribution in [2.24, 2.45) is 0 Å². The third-order valence-corrected chi connectivity index (χ3v) is 5.12. The predicted molar refractivity (Wildman–Crippen MR) is 106 cm³/mol. The normalized spacial score (nSPS) is 18.0. The number of para-hydroxylation sites is 2. The summed E-state index contributed by atoms with van der Waals surface area (Å²) in [4.78, 5) is 14.8. The Morgan fingerprint density at radius 2 is 2.11 bits per heavy atom. The van der Waals surface area contributed by atoms with Gasteiger partial charge in [-0.3, -0.25) is 4.79 Å². The maximum atomic E-state index is 13.4. The molecule has 27 heavy (non-hydrogen) atoms. The first kappa shape index (κ1) is 19.2. The van der Waals surface area contributed by atoms with Crippen molar-refractivity contribution in [2.75, 3.05) is 25.1 Å². The zero-order valence-corrected chi connectivity index (χ0v) is 16.0. The van der Waals surface area contributed by atoms with Gasteiger partial charge in [-0.1, -0.05) is 31.2 Å². The molecule has 0 saturated carbocycles. The minimum absolute atomic E-state index is 0.0126. The molecule has 2 aromatic carbocycles. The monoisotopic (exact) mass is 370 g/mol. The van der Waals surface area contributed by atoms with Crippen molar-refractivity contribution in [1.29, 1.82) is 0 Å². The third kappa shape index (κ3) is 5.00. The number of benzene rings is 2. The molecule has 1 saturated heterocycles. The molecule has 144 valence electrons. The summed E-state index contributed by atoms with van der Waals surface area (Å²) in [5, 5.41) is 3.16. The van der Waals surface area contributed by atoms with E-state index in [1.54, 1.807) is 13.2 Å². The fraction of sp³-hybridized carbons (Fsp3) is 0.409. The molecular formula is C22H27FN2O2. The van der Waals surface area contributed by atoms with E-state index in [4.69, 9.17) is 4.74 Å². The third-order valence-electron chi connectivity index (χ3n) is 5.12. The van der Waals surface area contributed by atoms with Crippen LogP contribution in [-0.2, 0) is 4.79 Å². The Hall–Kier alpha value is -2.56. The molecule has 1 amide bonds. The van der Waals surface area contributed by atoms with Crippen molar-refractivity contribution in [3.8, 4) is 5.75 Å². The van der Waals surface area contributed by atoms with Gasteiger partial charge < -0.3 is 15.0 Å². The second-order valence-corrected chi connectivity index (χ2v) is 7.18. The number of hydrogen-bond donors (Lipinski definition) is 1. The van der Waals surface area contributed by atoms with Gasteiger partial charge in [0.25, 0.3) is 0 Å². The van der Waals surface area contributed by atoms with Crippen LogP contribution in [0.4, 0.5) is 10.1 Å². The van der Waals surface area contributed by atoms with Crippen molar-refractivity contribution in [2.45, 2.75) is 38.1 Å². The second kappa shape index (κ2) is 8.89. The van der Waals surface area contributed by atoms with Gasteiger partial charge in [0.15, 0.2) is 0 Å². The molecule has 1 aliphatic heterocycles. The van der Waals surface area contributed by atoms with E-state index in [0.29, 0.717) is 6.42 Å². The molecule has 1 fully saturated rings. The SMILES string of the molecule is COc1ccccc1N1CCCC(NC(=O)CC(C)c2cccc(F)c2)C1. The molecule has 2 aromatic rings. The van der Waals surface area contributed by atoms with Crippen LogP contribution in [0.2, 0.25) is 0 Å². The number of carbonyl (C=O) groups is 1. The van der Waals surface area contributed by atoms with E-state index in [0.717, 1.165) is 42.9 Å². The van der Waals surface area contributed by atoms with E-state index in [-0.39, 0.29) is 23.7 Å². The van der Waals surface area contributed by atoms with Gasteiger partial charge in [0.2, 0.25) is 5.91 Å². The number of nitrogens with one attached hydrogen (secondary N) is 1. The fourth-order valence-corrected chi connectivity index (χ4v) is 3.70. The van der Waals surface area contributed by atoms with Gasteiger partial charge in [-0.25, -0.2) is 4.39 Å². The molecule has 2 atom stereocenters. The van der Waals surface area contributed by atoms with Gasteiger partial charge in [0, 0.05) is 25.6 Å². The Balaban J connectivity index is 1.58. The van der Waals surface area contributed by atoms with Gasteiger partial charge in [-0.15, -0.1) is 0 Å². The molecule has 5 heteroatoms. The fourth-order valence-electron chi connectivity index (χ4n) is 3.70. The first-order valence-corrected chi connectivity index (χ1v) is 9.49. The number of amides is 1. The highest BCUT2D eigenvalue weighted by Gasteiger charge is 2.24. The number of ether oxygens (including phenoxy) is 1. The van der Waals surface area contributed by atoms with Crippen molar-refractivity contribution < 1.29 is 13.9 Å². The van der Waals surface area contributed by atoms with E-state index in [2.05, 4.69) is 16.3 Å². The number of methoxy groups -OCH3 is 1. The van der Waals surface area contributed by atoms with Crippen LogP contribution in [-0.4, -0.2) is 32.1 Å². The molecule has 0 bridgehead atoms. The number of anilines is 1. The quantitative estimate of drug-likeness (QED) is 0.832. The lowest BCUT2D eigenvalue weighted by atomic mass is 9.97. The van der Waals surface area contributed by atoms with Crippen molar-refractivity contribution in [3.63, 3.8) is 0 Å². The number of rotatable bonds is 6. The summed E-state index contributed by atoms with van der Waals surface area (Å²) in [6.07, 6.45) is 2.34. The van der Waals surface area contributed by atoms with Crippen LogP contribution in [0.3, 0.4) is 0 Å². The Kier molecular flexibility index (Phi) is 6.32. The van der Waals surface area contributed by atoms with E-state index >= 15 is 0 Å². The molecule has 0 aliphatic carbocycles. The zero-order chi connectivity index (χ0) is 19.2. The summed E-state index contributed by atoms with van der Waals surface area (Å²) >= 11 is 0. The van der Waals surface area contributed by atoms with Gasteiger partial charge in [0.05, 0.1) is 12.8 Å². The first-order chi connectivity index (χ1) is 13.1. The maximum Gasteiger partial charge on any atom is 0.220 e. The molecule has 0 radical (unpaired) electrons. The topological polar surface area (TPSA) is 41.6 Å². The summed E-state index contributed by atoms with van der Waals surface area (Å²) in [6, 6.07) is 14.5. The Morgan fingerprint density at radius 1 is 1.30 bits per heavy atom. The molecule has 2 unspecified atom stereocenters. The summed E-state index contributed by atoms with van der Waals surface area (Å²) in [5.74, 6) is 0.581.